The molecule has 1 aliphatic carbocycles. The highest BCUT2D eigenvalue weighted by Gasteiger charge is 2.22. The highest BCUT2D eigenvalue weighted by atomic mass is 15.4. The topological polar surface area (TPSA) is 68.5 Å². The highest BCUT2D eigenvalue weighted by Crippen LogP contribution is 2.28. The Morgan fingerprint density at radius 2 is 1.83 bits per heavy atom. The average Bonchev–Trinajstić information content (AvgIpc) is 3.11. The zero-order valence-corrected chi connectivity index (χ0v) is 13.2. The lowest BCUT2D eigenvalue weighted by Gasteiger charge is -2.27. The van der Waals surface area contributed by atoms with E-state index in [4.69, 9.17) is 0 Å². The van der Waals surface area contributed by atoms with Gasteiger partial charge in [-0.15, -0.1) is 5.10 Å². The van der Waals surface area contributed by atoms with Crippen LogP contribution >= 0.6 is 0 Å². The van der Waals surface area contributed by atoms with Gasteiger partial charge >= 0.3 is 0 Å². The largest absolute Gasteiger partial charge is 0.317 e. The zero-order chi connectivity index (χ0) is 15.6. The van der Waals surface area contributed by atoms with Gasteiger partial charge in [0.1, 0.15) is 11.4 Å². The van der Waals surface area contributed by atoms with E-state index < -0.39 is 0 Å². The summed E-state index contributed by atoms with van der Waals surface area (Å²) in [4.78, 5) is 9.09. The number of fused-ring (bicyclic) bond motifs is 1. The molecule has 6 heteroatoms. The average molecular weight is 308 g/mol. The van der Waals surface area contributed by atoms with Gasteiger partial charge in [-0.05, 0) is 44.9 Å². The number of rotatable bonds is 3. The second-order valence-corrected chi connectivity index (χ2v) is 6.12. The summed E-state index contributed by atoms with van der Waals surface area (Å²) in [5.74, 6) is 0. The van der Waals surface area contributed by atoms with Crippen molar-refractivity contribution < 1.29 is 0 Å². The van der Waals surface area contributed by atoms with Crippen LogP contribution < -0.4 is 5.32 Å². The molecule has 1 aliphatic rings. The lowest BCUT2D eigenvalue weighted by molar-refractivity contribution is 0.281. The van der Waals surface area contributed by atoms with Crippen molar-refractivity contribution in [3.63, 3.8) is 0 Å². The quantitative estimate of drug-likeness (QED) is 0.805. The van der Waals surface area contributed by atoms with Gasteiger partial charge in [-0.2, -0.15) is 0 Å². The standard InChI is InChI=1S/C17H20N6/c1-18-12-6-8-13(9-7-12)23-11-17(21-22-23)16-10-19-14-4-2-3-5-15(14)20-16/h2-5,10-13,18H,6-9H2,1H3. The van der Waals surface area contributed by atoms with Crippen LogP contribution in [0, 0.1) is 0 Å². The zero-order valence-electron chi connectivity index (χ0n) is 13.2. The monoisotopic (exact) mass is 308 g/mol. The molecule has 0 unspecified atom stereocenters. The molecule has 0 spiro atoms. The molecular weight excluding hydrogens is 288 g/mol. The van der Waals surface area contributed by atoms with Crippen LogP contribution in [0.3, 0.4) is 0 Å². The van der Waals surface area contributed by atoms with Gasteiger partial charge in [0.05, 0.1) is 29.5 Å². The summed E-state index contributed by atoms with van der Waals surface area (Å²) in [5, 5.41) is 12.0. The minimum Gasteiger partial charge on any atom is -0.317 e. The summed E-state index contributed by atoms with van der Waals surface area (Å²) >= 11 is 0. The van der Waals surface area contributed by atoms with E-state index in [1.165, 1.54) is 12.8 Å². The smallest absolute Gasteiger partial charge is 0.133 e. The lowest BCUT2D eigenvalue weighted by atomic mass is 9.91. The fourth-order valence-electron chi connectivity index (χ4n) is 3.28. The molecule has 0 aliphatic heterocycles. The van der Waals surface area contributed by atoms with Crippen LogP contribution in [0.25, 0.3) is 22.4 Å². The van der Waals surface area contributed by atoms with Crippen molar-refractivity contribution in [3.05, 3.63) is 36.7 Å². The number of para-hydroxylation sites is 2. The molecule has 0 radical (unpaired) electrons. The van der Waals surface area contributed by atoms with Gasteiger partial charge in [0.25, 0.3) is 0 Å². The Bertz CT molecular complexity index is 803. The molecule has 2 aromatic heterocycles. The highest BCUT2D eigenvalue weighted by molar-refractivity contribution is 5.76. The third-order valence-electron chi connectivity index (χ3n) is 4.70. The maximum Gasteiger partial charge on any atom is 0.133 e. The van der Waals surface area contributed by atoms with Crippen molar-refractivity contribution in [1.29, 1.82) is 0 Å². The Hall–Kier alpha value is -2.34. The summed E-state index contributed by atoms with van der Waals surface area (Å²) in [5.41, 5.74) is 3.35. The Morgan fingerprint density at radius 1 is 1.04 bits per heavy atom. The third-order valence-corrected chi connectivity index (χ3v) is 4.70. The lowest BCUT2D eigenvalue weighted by Crippen LogP contribution is -2.31. The molecule has 6 nitrogen and oxygen atoms in total. The normalized spacial score (nSPS) is 21.6. The summed E-state index contributed by atoms with van der Waals surface area (Å²) in [6.45, 7) is 0. The molecule has 1 fully saturated rings. The van der Waals surface area contributed by atoms with E-state index in [9.17, 15) is 0 Å². The van der Waals surface area contributed by atoms with Crippen molar-refractivity contribution >= 4 is 11.0 Å². The second-order valence-electron chi connectivity index (χ2n) is 6.12. The first-order valence-electron chi connectivity index (χ1n) is 8.15. The number of nitrogens with zero attached hydrogens (tertiary/aromatic N) is 5. The molecule has 4 rings (SSSR count). The molecule has 1 N–H and O–H groups in total. The van der Waals surface area contributed by atoms with Gasteiger partial charge in [-0.25, -0.2) is 9.67 Å². The third kappa shape index (κ3) is 2.82. The first-order valence-corrected chi connectivity index (χ1v) is 8.15. The van der Waals surface area contributed by atoms with Gasteiger partial charge in [0, 0.05) is 6.04 Å². The molecule has 0 atom stereocenters. The number of hydrogen-bond donors (Lipinski definition) is 1. The molecule has 0 amide bonds. The number of aromatic nitrogens is 5. The van der Waals surface area contributed by atoms with Crippen LogP contribution in [0.5, 0.6) is 0 Å². The maximum atomic E-state index is 4.64. The van der Waals surface area contributed by atoms with Crippen molar-refractivity contribution in [2.24, 2.45) is 0 Å². The van der Waals surface area contributed by atoms with Crippen LogP contribution in [0.2, 0.25) is 0 Å². The van der Waals surface area contributed by atoms with Gasteiger partial charge in [-0.3, -0.25) is 4.98 Å². The van der Waals surface area contributed by atoms with E-state index in [0.29, 0.717) is 12.1 Å². The van der Waals surface area contributed by atoms with Crippen LogP contribution in [-0.2, 0) is 0 Å². The fourth-order valence-corrected chi connectivity index (χ4v) is 3.28. The summed E-state index contributed by atoms with van der Waals surface area (Å²) in [6, 6.07) is 8.94. The van der Waals surface area contributed by atoms with Crippen molar-refractivity contribution in [3.8, 4) is 11.4 Å². The molecule has 3 aromatic rings. The van der Waals surface area contributed by atoms with E-state index in [-0.39, 0.29) is 0 Å². The fraction of sp³-hybridized carbons (Fsp3) is 0.412. The summed E-state index contributed by atoms with van der Waals surface area (Å²) in [7, 11) is 2.04. The summed E-state index contributed by atoms with van der Waals surface area (Å²) < 4.78 is 2.00. The van der Waals surface area contributed by atoms with Crippen LogP contribution in [-0.4, -0.2) is 38.1 Å². The van der Waals surface area contributed by atoms with Crippen molar-refractivity contribution in [2.45, 2.75) is 37.8 Å². The molecule has 23 heavy (non-hydrogen) atoms. The van der Waals surface area contributed by atoms with Gasteiger partial charge in [0.2, 0.25) is 0 Å². The second kappa shape index (κ2) is 6.04. The summed E-state index contributed by atoms with van der Waals surface area (Å²) in [6.07, 6.45) is 8.42. The Kier molecular flexibility index (Phi) is 3.75. The predicted molar refractivity (Wildman–Crippen MR) is 88.9 cm³/mol. The molecule has 0 bridgehead atoms. The van der Waals surface area contributed by atoms with Crippen LogP contribution in [0.15, 0.2) is 36.7 Å². The first-order chi connectivity index (χ1) is 11.3. The van der Waals surface area contributed by atoms with Gasteiger partial charge in [0.15, 0.2) is 0 Å². The first kappa shape index (κ1) is 14.3. The van der Waals surface area contributed by atoms with E-state index in [1.807, 2.05) is 42.2 Å². The molecular formula is C17H20N6. The van der Waals surface area contributed by atoms with Crippen molar-refractivity contribution in [1.82, 2.24) is 30.3 Å². The molecule has 118 valence electrons. The number of nitrogens with one attached hydrogen (secondary N) is 1. The van der Waals surface area contributed by atoms with E-state index >= 15 is 0 Å². The minimum absolute atomic E-state index is 0.439. The van der Waals surface area contributed by atoms with E-state index in [0.717, 1.165) is 35.3 Å². The van der Waals surface area contributed by atoms with Gasteiger partial charge in [-0.1, -0.05) is 17.3 Å². The molecule has 2 heterocycles. The Morgan fingerprint density at radius 3 is 2.61 bits per heavy atom. The predicted octanol–water partition coefficient (Wildman–Crippen LogP) is 2.59. The number of hydrogen-bond acceptors (Lipinski definition) is 5. The Balaban J connectivity index is 1.57. The van der Waals surface area contributed by atoms with Gasteiger partial charge < -0.3 is 5.32 Å². The van der Waals surface area contributed by atoms with Crippen molar-refractivity contribution in [2.75, 3.05) is 7.05 Å². The molecule has 1 aromatic carbocycles. The van der Waals surface area contributed by atoms with Crippen LogP contribution in [0.1, 0.15) is 31.7 Å². The number of benzene rings is 1. The molecule has 0 saturated heterocycles. The minimum atomic E-state index is 0.439. The van der Waals surface area contributed by atoms with E-state index in [2.05, 4.69) is 25.6 Å². The maximum absolute atomic E-state index is 4.64. The SMILES string of the molecule is CNC1CCC(n2cc(-c3cnc4ccccc4n3)nn2)CC1. The van der Waals surface area contributed by atoms with Crippen LogP contribution in [0.4, 0.5) is 0 Å². The van der Waals surface area contributed by atoms with E-state index in [1.54, 1.807) is 6.20 Å². The Labute approximate surface area is 135 Å². The molecule has 1 saturated carbocycles.